The van der Waals surface area contributed by atoms with Gasteiger partial charge in [-0.1, -0.05) is 36.4 Å². The molecule has 0 aromatic heterocycles. The lowest BCUT2D eigenvalue weighted by atomic mass is 10.0. The Labute approximate surface area is 207 Å². The first-order valence-corrected chi connectivity index (χ1v) is 11.1. The summed E-state index contributed by atoms with van der Waals surface area (Å²) in [6.45, 7) is 0.948. The number of amides is 2. The molecule has 1 saturated heterocycles. The maximum absolute atomic E-state index is 12.0. The second kappa shape index (κ2) is 12.3. The number of ether oxygens (including phenoxy) is 4. The van der Waals surface area contributed by atoms with E-state index >= 15 is 0 Å². The minimum atomic E-state index is -0.968. The van der Waals surface area contributed by atoms with Gasteiger partial charge in [0.2, 0.25) is 12.7 Å². The highest BCUT2D eigenvalue weighted by molar-refractivity contribution is 6.03. The monoisotopic (exact) mass is 497 g/mol. The smallest absolute Gasteiger partial charge is 0.438 e. The molecule has 0 unspecified atom stereocenters. The van der Waals surface area contributed by atoms with Gasteiger partial charge in [-0.05, 0) is 29.7 Å². The summed E-state index contributed by atoms with van der Waals surface area (Å²) >= 11 is 0. The Morgan fingerprint density at radius 1 is 1.03 bits per heavy atom. The summed E-state index contributed by atoms with van der Waals surface area (Å²) in [7, 11) is 1.30. The number of methoxy groups -OCH3 is 1. The molecule has 2 atom stereocenters. The molecular weight excluding hydrogens is 470 g/mol. The molecule has 2 aromatic carbocycles. The zero-order valence-electron chi connectivity index (χ0n) is 19.9. The highest BCUT2D eigenvalue weighted by atomic mass is 16.7. The predicted octanol–water partition coefficient (Wildman–Crippen LogP) is 2.16. The largest absolute Gasteiger partial charge is 0.491 e. The van der Waals surface area contributed by atoms with Crippen LogP contribution in [0.15, 0.2) is 53.5 Å². The van der Waals surface area contributed by atoms with Crippen LogP contribution < -0.4 is 15.8 Å². The number of aliphatic imine (C=N–C) groups is 1. The van der Waals surface area contributed by atoms with Crippen molar-refractivity contribution in [1.82, 2.24) is 5.32 Å². The Bertz CT molecular complexity index is 1130. The van der Waals surface area contributed by atoms with E-state index in [1.54, 1.807) is 12.1 Å². The van der Waals surface area contributed by atoms with Gasteiger partial charge in [0.25, 0.3) is 0 Å². The minimum Gasteiger partial charge on any atom is -0.491 e. The van der Waals surface area contributed by atoms with Crippen molar-refractivity contribution < 1.29 is 38.1 Å². The van der Waals surface area contributed by atoms with Crippen LogP contribution in [0.5, 0.6) is 5.75 Å². The molecule has 0 radical (unpaired) electrons. The van der Waals surface area contributed by atoms with Crippen LogP contribution in [0.25, 0.3) is 11.1 Å². The van der Waals surface area contributed by atoms with E-state index < -0.39 is 30.7 Å². The SMILES string of the molecule is COC(=O)C[C@@H]1C[C@@H](COc2ccc(-c3ccc(/C(N)=N/C(=O)OCOC(C)=O)cc3)cc2)NC1=O. The molecule has 11 nitrogen and oxygen atoms in total. The van der Waals surface area contributed by atoms with Gasteiger partial charge in [-0.25, -0.2) is 4.79 Å². The summed E-state index contributed by atoms with van der Waals surface area (Å²) in [4.78, 5) is 49.3. The quantitative estimate of drug-likeness (QED) is 0.229. The Hall–Kier alpha value is -4.41. The Balaban J connectivity index is 1.51. The summed E-state index contributed by atoms with van der Waals surface area (Å²) in [5, 5.41) is 2.84. The van der Waals surface area contributed by atoms with Crippen LogP contribution in [0.3, 0.4) is 0 Å². The number of carbonyl (C=O) groups excluding carboxylic acids is 4. The van der Waals surface area contributed by atoms with Crippen LogP contribution >= 0.6 is 0 Å². The number of hydrogen-bond donors (Lipinski definition) is 2. The maximum Gasteiger partial charge on any atom is 0.438 e. The molecule has 2 amide bonds. The van der Waals surface area contributed by atoms with Crippen molar-refractivity contribution in [1.29, 1.82) is 0 Å². The molecule has 0 bridgehead atoms. The number of carbonyl (C=O) groups is 4. The fourth-order valence-electron chi connectivity index (χ4n) is 3.53. The van der Waals surface area contributed by atoms with Crippen molar-refractivity contribution in [2.45, 2.75) is 25.8 Å². The first kappa shape index (κ1) is 26.2. The molecule has 3 rings (SSSR count). The summed E-state index contributed by atoms with van der Waals surface area (Å²) in [5.41, 5.74) is 8.20. The zero-order valence-corrected chi connectivity index (χ0v) is 19.9. The first-order chi connectivity index (χ1) is 17.2. The molecule has 1 heterocycles. The Kier molecular flexibility index (Phi) is 8.98. The van der Waals surface area contributed by atoms with Crippen molar-refractivity contribution in [2.24, 2.45) is 16.6 Å². The number of amidine groups is 1. The fraction of sp³-hybridized carbons (Fsp3) is 0.320. The summed E-state index contributed by atoms with van der Waals surface area (Å²) in [6, 6.07) is 14.3. The first-order valence-electron chi connectivity index (χ1n) is 11.1. The van der Waals surface area contributed by atoms with Gasteiger partial charge in [-0.3, -0.25) is 14.4 Å². The lowest BCUT2D eigenvalue weighted by molar-refractivity contribution is -0.148. The summed E-state index contributed by atoms with van der Waals surface area (Å²) in [6.07, 6.45) is -0.400. The minimum absolute atomic E-state index is 0.0362. The topological polar surface area (TPSA) is 156 Å². The van der Waals surface area contributed by atoms with E-state index in [2.05, 4.69) is 24.5 Å². The van der Waals surface area contributed by atoms with E-state index in [0.717, 1.165) is 11.1 Å². The van der Waals surface area contributed by atoms with Crippen LogP contribution in [-0.4, -0.2) is 56.3 Å². The fourth-order valence-corrected chi connectivity index (χ4v) is 3.53. The van der Waals surface area contributed by atoms with Gasteiger partial charge in [0.15, 0.2) is 0 Å². The van der Waals surface area contributed by atoms with Gasteiger partial charge >= 0.3 is 18.0 Å². The predicted molar refractivity (Wildman–Crippen MR) is 128 cm³/mol. The number of rotatable bonds is 9. The van der Waals surface area contributed by atoms with Crippen LogP contribution in [0.1, 0.15) is 25.3 Å². The highest BCUT2D eigenvalue weighted by Gasteiger charge is 2.34. The summed E-state index contributed by atoms with van der Waals surface area (Å²) in [5.74, 6) is -0.952. The van der Waals surface area contributed by atoms with Gasteiger partial charge in [-0.2, -0.15) is 4.99 Å². The van der Waals surface area contributed by atoms with Crippen molar-refractivity contribution >= 4 is 29.8 Å². The normalized spacial score (nSPS) is 17.2. The lowest BCUT2D eigenvalue weighted by Crippen LogP contribution is -2.31. The number of hydrogen-bond acceptors (Lipinski definition) is 8. The Morgan fingerprint density at radius 3 is 2.28 bits per heavy atom. The average molecular weight is 498 g/mol. The van der Waals surface area contributed by atoms with E-state index in [4.69, 9.17) is 10.5 Å². The number of esters is 2. The number of nitrogens with zero attached hydrogens (tertiary/aromatic N) is 1. The highest BCUT2D eigenvalue weighted by Crippen LogP contribution is 2.24. The van der Waals surface area contributed by atoms with Gasteiger partial charge < -0.3 is 30.0 Å². The van der Waals surface area contributed by atoms with E-state index in [0.29, 0.717) is 24.3 Å². The van der Waals surface area contributed by atoms with E-state index in [1.165, 1.54) is 14.0 Å². The second-order valence-electron chi connectivity index (χ2n) is 7.99. The van der Waals surface area contributed by atoms with Crippen LogP contribution in [0.4, 0.5) is 4.79 Å². The average Bonchev–Trinajstić information content (AvgIpc) is 3.21. The van der Waals surface area contributed by atoms with Crippen molar-refractivity contribution in [3.63, 3.8) is 0 Å². The van der Waals surface area contributed by atoms with Crippen LogP contribution in [0, 0.1) is 5.92 Å². The Morgan fingerprint density at radius 2 is 1.67 bits per heavy atom. The molecule has 1 aliphatic heterocycles. The van der Waals surface area contributed by atoms with E-state index in [-0.39, 0.29) is 24.2 Å². The van der Waals surface area contributed by atoms with Gasteiger partial charge in [-0.15, -0.1) is 0 Å². The van der Waals surface area contributed by atoms with Gasteiger partial charge in [0.1, 0.15) is 18.2 Å². The van der Waals surface area contributed by atoms with Crippen LogP contribution in [0.2, 0.25) is 0 Å². The molecule has 1 aliphatic rings. The molecule has 0 aliphatic carbocycles. The number of nitrogens with one attached hydrogen (secondary N) is 1. The molecular formula is C25H27N3O8. The third kappa shape index (κ3) is 7.55. The standard InChI is InChI=1S/C25H27N3O8/c1-15(29)35-14-36-25(32)28-23(26)18-5-3-16(4-6-18)17-7-9-21(10-8-17)34-13-20-11-19(24(31)27-20)12-22(30)33-2/h3-10,19-20H,11-14H2,1-2H3,(H,27,31)(H2,26,28,32)/t19-,20-/m0/s1. The molecule has 36 heavy (non-hydrogen) atoms. The van der Waals surface area contributed by atoms with E-state index in [9.17, 15) is 19.2 Å². The maximum atomic E-state index is 12.0. The van der Waals surface area contributed by atoms with Crippen molar-refractivity contribution in [3.8, 4) is 16.9 Å². The third-order valence-corrected chi connectivity index (χ3v) is 5.40. The second-order valence-corrected chi connectivity index (χ2v) is 7.99. The van der Waals surface area contributed by atoms with Gasteiger partial charge in [0.05, 0.1) is 25.5 Å². The van der Waals surface area contributed by atoms with E-state index in [1.807, 2.05) is 36.4 Å². The van der Waals surface area contributed by atoms with Crippen molar-refractivity contribution in [2.75, 3.05) is 20.5 Å². The molecule has 3 N–H and O–H groups in total. The third-order valence-electron chi connectivity index (χ3n) is 5.40. The molecule has 0 saturated carbocycles. The van der Waals surface area contributed by atoms with Crippen LogP contribution in [-0.2, 0) is 28.6 Å². The lowest BCUT2D eigenvalue weighted by Gasteiger charge is -2.12. The molecule has 0 spiro atoms. The van der Waals surface area contributed by atoms with Crippen molar-refractivity contribution in [3.05, 3.63) is 54.1 Å². The molecule has 2 aromatic rings. The molecule has 11 heteroatoms. The summed E-state index contributed by atoms with van der Waals surface area (Å²) < 4.78 is 19.6. The molecule has 190 valence electrons. The number of nitrogens with two attached hydrogens (primary N) is 1. The zero-order chi connectivity index (χ0) is 26.1. The molecule has 1 fully saturated rings. The van der Waals surface area contributed by atoms with Gasteiger partial charge in [0, 0.05) is 12.5 Å². The number of benzene rings is 2.